The van der Waals surface area contributed by atoms with Gasteiger partial charge in [-0.15, -0.1) is 0 Å². The lowest BCUT2D eigenvalue weighted by atomic mass is 10.0. The van der Waals surface area contributed by atoms with E-state index in [1.807, 2.05) is 6.26 Å². The van der Waals surface area contributed by atoms with Crippen molar-refractivity contribution in [3.05, 3.63) is 11.8 Å². The Morgan fingerprint density at radius 2 is 2.25 bits per heavy atom. The topological polar surface area (TPSA) is 9.23 Å². The van der Waals surface area contributed by atoms with E-state index in [2.05, 4.69) is 20.8 Å². The molecule has 0 radical (unpaired) electrons. The quantitative estimate of drug-likeness (QED) is 0.466. The lowest BCUT2D eigenvalue weighted by molar-refractivity contribution is 0.0827. The van der Waals surface area contributed by atoms with Gasteiger partial charge in [0, 0.05) is 6.42 Å². The van der Waals surface area contributed by atoms with Crippen molar-refractivity contribution in [2.75, 3.05) is 0 Å². The predicted molar refractivity (Wildman–Crippen MR) is 33.5 cm³/mol. The second-order valence-electron chi connectivity index (χ2n) is 3.02. The maximum atomic E-state index is 5.29. The van der Waals surface area contributed by atoms with Crippen LogP contribution in [-0.4, -0.2) is 5.60 Å². The Morgan fingerprint density at radius 1 is 1.62 bits per heavy atom. The largest absolute Gasteiger partial charge is 0.495 e. The molecule has 0 fully saturated rings. The number of hydrogen-bond donors (Lipinski definition) is 0. The lowest BCUT2D eigenvalue weighted by Gasteiger charge is -2.16. The molecule has 1 nitrogen and oxygen atoms in total. The molecule has 0 bridgehead atoms. The summed E-state index contributed by atoms with van der Waals surface area (Å²) in [6.45, 7) is 6.29. The maximum Gasteiger partial charge on any atom is 0.106 e. The van der Waals surface area contributed by atoms with Gasteiger partial charge in [0.1, 0.15) is 5.60 Å². The van der Waals surface area contributed by atoms with Gasteiger partial charge < -0.3 is 4.74 Å². The van der Waals surface area contributed by atoms with Gasteiger partial charge in [-0.3, -0.25) is 0 Å². The van der Waals surface area contributed by atoms with Crippen molar-refractivity contribution in [1.82, 2.24) is 0 Å². The zero-order valence-corrected chi connectivity index (χ0v) is 5.69. The molecule has 0 aromatic carbocycles. The van der Waals surface area contributed by atoms with E-state index in [1.165, 1.54) is 5.57 Å². The van der Waals surface area contributed by atoms with Crippen LogP contribution in [0, 0.1) is 0 Å². The Bertz CT molecular complexity index is 122. The highest BCUT2D eigenvalue weighted by Gasteiger charge is 2.23. The fourth-order valence-electron chi connectivity index (χ4n) is 1.01. The third-order valence-corrected chi connectivity index (χ3v) is 1.28. The molecule has 1 heteroatoms. The van der Waals surface area contributed by atoms with Crippen molar-refractivity contribution in [2.24, 2.45) is 0 Å². The molecular formula is C7H12O. The minimum absolute atomic E-state index is 0.0735. The van der Waals surface area contributed by atoms with Gasteiger partial charge in [0.2, 0.25) is 0 Å². The molecule has 0 atom stereocenters. The molecule has 0 amide bonds. The van der Waals surface area contributed by atoms with Crippen LogP contribution in [0.4, 0.5) is 0 Å². The van der Waals surface area contributed by atoms with Crippen LogP contribution < -0.4 is 0 Å². The smallest absolute Gasteiger partial charge is 0.106 e. The molecule has 0 saturated carbocycles. The maximum absolute atomic E-state index is 5.29. The molecule has 0 N–H and O–H groups in total. The van der Waals surface area contributed by atoms with Crippen LogP contribution >= 0.6 is 0 Å². The molecule has 0 unspecified atom stereocenters. The summed E-state index contributed by atoms with van der Waals surface area (Å²) in [6, 6.07) is 0. The molecule has 8 heavy (non-hydrogen) atoms. The van der Waals surface area contributed by atoms with Crippen molar-refractivity contribution >= 4 is 0 Å². The van der Waals surface area contributed by atoms with E-state index in [1.54, 1.807) is 0 Å². The van der Waals surface area contributed by atoms with E-state index in [4.69, 9.17) is 4.74 Å². The summed E-state index contributed by atoms with van der Waals surface area (Å²) in [5, 5.41) is 0. The third-order valence-electron chi connectivity index (χ3n) is 1.28. The van der Waals surface area contributed by atoms with Gasteiger partial charge in [-0.05, 0) is 26.3 Å². The molecule has 0 aromatic rings. The van der Waals surface area contributed by atoms with E-state index in [9.17, 15) is 0 Å². The fraction of sp³-hybridized carbons (Fsp3) is 0.714. The van der Waals surface area contributed by atoms with Gasteiger partial charge >= 0.3 is 0 Å². The summed E-state index contributed by atoms with van der Waals surface area (Å²) < 4.78 is 5.29. The van der Waals surface area contributed by atoms with Crippen LogP contribution in [0.15, 0.2) is 11.8 Å². The minimum atomic E-state index is 0.0735. The van der Waals surface area contributed by atoms with Gasteiger partial charge in [-0.25, -0.2) is 0 Å². The average Bonchev–Trinajstić information content (AvgIpc) is 1.82. The van der Waals surface area contributed by atoms with Crippen molar-refractivity contribution in [3.63, 3.8) is 0 Å². The molecular weight excluding hydrogens is 100 g/mol. The first-order valence-corrected chi connectivity index (χ1v) is 2.94. The molecule has 1 aliphatic heterocycles. The zero-order chi connectivity index (χ0) is 6.20. The molecule has 0 saturated heterocycles. The monoisotopic (exact) mass is 112 g/mol. The molecule has 1 rings (SSSR count). The van der Waals surface area contributed by atoms with E-state index >= 15 is 0 Å². The van der Waals surface area contributed by atoms with Crippen molar-refractivity contribution in [1.29, 1.82) is 0 Å². The molecule has 0 aromatic heterocycles. The standard InChI is InChI=1S/C7H12O/c1-6-4-7(2,3)8-5-6/h5H,4H2,1-3H3. The lowest BCUT2D eigenvalue weighted by Crippen LogP contribution is -2.16. The highest BCUT2D eigenvalue weighted by molar-refractivity contribution is 5.04. The first-order valence-electron chi connectivity index (χ1n) is 2.94. The van der Waals surface area contributed by atoms with Gasteiger partial charge in [-0.1, -0.05) is 0 Å². The van der Waals surface area contributed by atoms with Gasteiger partial charge in [0.05, 0.1) is 6.26 Å². The summed E-state index contributed by atoms with van der Waals surface area (Å²) in [4.78, 5) is 0. The van der Waals surface area contributed by atoms with Crippen molar-refractivity contribution in [2.45, 2.75) is 32.8 Å². The molecule has 0 aliphatic carbocycles. The van der Waals surface area contributed by atoms with E-state index < -0.39 is 0 Å². The Kier molecular flexibility index (Phi) is 1.07. The van der Waals surface area contributed by atoms with Crippen LogP contribution in [0.25, 0.3) is 0 Å². The van der Waals surface area contributed by atoms with Crippen LogP contribution in [0.5, 0.6) is 0 Å². The highest BCUT2D eigenvalue weighted by Crippen LogP contribution is 2.26. The van der Waals surface area contributed by atoms with Gasteiger partial charge in [-0.2, -0.15) is 0 Å². The highest BCUT2D eigenvalue weighted by atomic mass is 16.5. The average molecular weight is 112 g/mol. The van der Waals surface area contributed by atoms with Crippen LogP contribution in [0.1, 0.15) is 27.2 Å². The summed E-state index contributed by atoms with van der Waals surface area (Å²) in [5.41, 5.74) is 1.42. The third kappa shape index (κ3) is 1.03. The fourth-order valence-corrected chi connectivity index (χ4v) is 1.01. The summed E-state index contributed by atoms with van der Waals surface area (Å²) in [7, 11) is 0. The van der Waals surface area contributed by atoms with Crippen LogP contribution in [0.3, 0.4) is 0 Å². The normalized spacial score (nSPS) is 24.6. The van der Waals surface area contributed by atoms with E-state index in [0.29, 0.717) is 0 Å². The molecule has 1 heterocycles. The Morgan fingerprint density at radius 3 is 2.38 bits per heavy atom. The van der Waals surface area contributed by atoms with Gasteiger partial charge in [0.25, 0.3) is 0 Å². The van der Waals surface area contributed by atoms with Gasteiger partial charge in [0.15, 0.2) is 0 Å². The Labute approximate surface area is 50.3 Å². The molecule has 0 spiro atoms. The van der Waals surface area contributed by atoms with E-state index in [0.717, 1.165) is 6.42 Å². The summed E-state index contributed by atoms with van der Waals surface area (Å²) >= 11 is 0. The second-order valence-corrected chi connectivity index (χ2v) is 3.02. The Hall–Kier alpha value is -0.460. The minimum Gasteiger partial charge on any atom is -0.495 e. The molecule has 46 valence electrons. The van der Waals surface area contributed by atoms with Crippen LogP contribution in [-0.2, 0) is 4.74 Å². The summed E-state index contributed by atoms with van der Waals surface area (Å²) in [5.74, 6) is 0. The van der Waals surface area contributed by atoms with Crippen LogP contribution in [0.2, 0.25) is 0 Å². The first-order chi connectivity index (χ1) is 3.60. The zero-order valence-electron chi connectivity index (χ0n) is 5.69. The Balaban J connectivity index is 2.55. The summed E-state index contributed by atoms with van der Waals surface area (Å²) in [6.07, 6.45) is 2.92. The number of rotatable bonds is 0. The number of ether oxygens (including phenoxy) is 1. The second kappa shape index (κ2) is 1.51. The number of hydrogen-bond acceptors (Lipinski definition) is 1. The molecule has 1 aliphatic rings. The first kappa shape index (κ1) is 5.67. The van der Waals surface area contributed by atoms with Crippen molar-refractivity contribution < 1.29 is 4.74 Å². The van der Waals surface area contributed by atoms with E-state index in [-0.39, 0.29) is 5.60 Å². The SMILES string of the molecule is CC1=COC(C)(C)C1. The van der Waals surface area contributed by atoms with Crippen molar-refractivity contribution in [3.8, 4) is 0 Å². The predicted octanol–water partition coefficient (Wildman–Crippen LogP) is 2.09.